The van der Waals surface area contributed by atoms with E-state index in [0.717, 1.165) is 17.8 Å². The third-order valence-electron chi connectivity index (χ3n) is 4.69. The van der Waals surface area contributed by atoms with Crippen LogP contribution < -0.4 is 5.32 Å². The summed E-state index contributed by atoms with van der Waals surface area (Å²) in [6, 6.07) is 7.28. The normalized spacial score (nSPS) is 12.0. The van der Waals surface area contributed by atoms with Gasteiger partial charge in [0.15, 0.2) is 5.12 Å². The second kappa shape index (κ2) is 12.0. The molecule has 0 aromatic heterocycles. The molecule has 1 N–H and O–H groups in total. The van der Waals surface area contributed by atoms with Crippen molar-refractivity contribution in [3.8, 4) is 11.1 Å². The smallest absolute Gasteiger partial charge is 0.329 e. The van der Waals surface area contributed by atoms with Gasteiger partial charge in [-0.15, -0.1) is 0 Å². The number of ether oxygens (including phenoxy) is 2. The number of hydrogen-bond donors (Lipinski definition) is 1. The lowest BCUT2D eigenvalue weighted by molar-refractivity contribution is -0.144. The summed E-state index contributed by atoms with van der Waals surface area (Å²) in [6.07, 6.45) is -0.0351. The largest absolute Gasteiger partial charge is 0.488 e. The van der Waals surface area contributed by atoms with E-state index in [1.807, 2.05) is 20.8 Å². The number of nitrogens with one attached hydrogen (secondary N) is 1. The van der Waals surface area contributed by atoms with Crippen molar-refractivity contribution in [1.29, 1.82) is 0 Å². The minimum absolute atomic E-state index is 0.00126. The van der Waals surface area contributed by atoms with Gasteiger partial charge in [0, 0.05) is 36.3 Å². The first-order valence-electron chi connectivity index (χ1n) is 10.8. The average Bonchev–Trinajstić information content (AvgIpc) is 2.75. The average molecular weight is 506 g/mol. The van der Waals surface area contributed by atoms with E-state index in [-0.39, 0.29) is 22.9 Å². The van der Waals surface area contributed by atoms with Crippen LogP contribution in [-0.2, 0) is 30.3 Å². The van der Waals surface area contributed by atoms with Crippen molar-refractivity contribution < 1.29 is 32.6 Å². The number of benzene rings is 2. The SMILES string of the molecule is C=C(OC(C)(C)C)c1cc(-c2ccc(F)cc2F)ccc1CC(=O)SC[C@H](NC(C)=O)C(=O)OC. The van der Waals surface area contributed by atoms with Crippen molar-refractivity contribution in [2.45, 2.75) is 45.8 Å². The summed E-state index contributed by atoms with van der Waals surface area (Å²) in [5.41, 5.74) is 1.17. The summed E-state index contributed by atoms with van der Waals surface area (Å²) in [4.78, 5) is 36.0. The molecule has 0 aliphatic heterocycles. The number of halogens is 2. The fourth-order valence-electron chi connectivity index (χ4n) is 3.24. The minimum Gasteiger partial charge on any atom is -0.488 e. The number of methoxy groups -OCH3 is 1. The maximum absolute atomic E-state index is 14.4. The van der Waals surface area contributed by atoms with E-state index < -0.39 is 35.2 Å². The molecule has 0 saturated heterocycles. The van der Waals surface area contributed by atoms with E-state index in [2.05, 4.69) is 16.6 Å². The predicted molar refractivity (Wildman–Crippen MR) is 132 cm³/mol. The lowest BCUT2D eigenvalue weighted by Gasteiger charge is -2.24. The molecule has 2 aromatic rings. The molecule has 35 heavy (non-hydrogen) atoms. The van der Waals surface area contributed by atoms with E-state index >= 15 is 0 Å². The van der Waals surface area contributed by atoms with Gasteiger partial charge in [0.1, 0.15) is 29.0 Å². The molecule has 0 saturated carbocycles. The second-order valence-electron chi connectivity index (χ2n) is 8.77. The van der Waals surface area contributed by atoms with Crippen molar-refractivity contribution in [3.05, 3.63) is 65.7 Å². The van der Waals surface area contributed by atoms with Gasteiger partial charge >= 0.3 is 5.97 Å². The van der Waals surface area contributed by atoms with Crippen LogP contribution >= 0.6 is 11.8 Å². The van der Waals surface area contributed by atoms with Gasteiger partial charge in [-0.25, -0.2) is 13.6 Å². The Bertz CT molecular complexity index is 1130. The zero-order chi connectivity index (χ0) is 26.3. The predicted octanol–water partition coefficient (Wildman–Crippen LogP) is 4.90. The highest BCUT2D eigenvalue weighted by molar-refractivity contribution is 8.13. The molecule has 2 aromatic carbocycles. The highest BCUT2D eigenvalue weighted by Crippen LogP contribution is 2.31. The Balaban J connectivity index is 2.32. The number of rotatable bonds is 9. The van der Waals surface area contributed by atoms with Crippen LogP contribution in [0.3, 0.4) is 0 Å². The lowest BCUT2D eigenvalue weighted by Crippen LogP contribution is -2.42. The summed E-state index contributed by atoms with van der Waals surface area (Å²) < 4.78 is 38.3. The van der Waals surface area contributed by atoms with Gasteiger partial charge in [-0.2, -0.15) is 0 Å². The third-order valence-corrected chi connectivity index (χ3v) is 5.66. The monoisotopic (exact) mass is 505 g/mol. The summed E-state index contributed by atoms with van der Waals surface area (Å²) in [5.74, 6) is -2.19. The Morgan fingerprint density at radius 2 is 1.80 bits per heavy atom. The maximum atomic E-state index is 14.4. The summed E-state index contributed by atoms with van der Waals surface area (Å²) in [7, 11) is 1.20. The van der Waals surface area contributed by atoms with Crippen molar-refractivity contribution in [3.63, 3.8) is 0 Å². The zero-order valence-corrected chi connectivity index (χ0v) is 21.2. The molecule has 0 aliphatic carbocycles. The van der Waals surface area contributed by atoms with Gasteiger partial charge in [0.05, 0.1) is 7.11 Å². The topological polar surface area (TPSA) is 81.7 Å². The van der Waals surface area contributed by atoms with Crippen molar-refractivity contribution in [2.24, 2.45) is 0 Å². The zero-order valence-electron chi connectivity index (χ0n) is 20.4. The Kier molecular flexibility index (Phi) is 9.59. The molecule has 6 nitrogen and oxygen atoms in total. The lowest BCUT2D eigenvalue weighted by atomic mass is 9.96. The van der Waals surface area contributed by atoms with E-state index in [0.29, 0.717) is 22.4 Å². The molecule has 0 fully saturated rings. The summed E-state index contributed by atoms with van der Waals surface area (Å²) >= 11 is 0.877. The Labute approximate surface area is 208 Å². The molecule has 0 aliphatic rings. The molecule has 1 atom stereocenters. The standard InChI is InChI=1S/C26H29F2NO5S/c1-15(34-26(3,4)5)21-11-17(20-10-9-19(27)13-22(20)28)7-8-18(21)12-24(31)35-14-23(25(32)33-6)29-16(2)30/h7-11,13,23H,1,12,14H2,2-6H3,(H,29,30)/t23-/m0/s1. The third kappa shape index (κ3) is 8.51. The number of carbonyl (C=O) groups is 3. The highest BCUT2D eigenvalue weighted by atomic mass is 32.2. The van der Waals surface area contributed by atoms with Gasteiger partial charge < -0.3 is 14.8 Å². The molecular formula is C26H29F2NO5S. The Morgan fingerprint density at radius 1 is 1.11 bits per heavy atom. The molecule has 1 amide bonds. The van der Waals surface area contributed by atoms with Gasteiger partial charge in [-0.1, -0.05) is 30.5 Å². The van der Waals surface area contributed by atoms with Gasteiger partial charge in [-0.05, 0) is 50.1 Å². The molecule has 9 heteroatoms. The Morgan fingerprint density at radius 3 is 2.37 bits per heavy atom. The van der Waals surface area contributed by atoms with E-state index in [9.17, 15) is 23.2 Å². The van der Waals surface area contributed by atoms with Gasteiger partial charge in [-0.3, -0.25) is 9.59 Å². The number of esters is 1. The van der Waals surface area contributed by atoms with Crippen LogP contribution in [0, 0.1) is 11.6 Å². The maximum Gasteiger partial charge on any atom is 0.329 e. The number of thioether (sulfide) groups is 1. The van der Waals surface area contributed by atoms with Crippen molar-refractivity contribution in [2.75, 3.05) is 12.9 Å². The van der Waals surface area contributed by atoms with Crippen LogP contribution in [0.25, 0.3) is 16.9 Å². The molecule has 0 heterocycles. The van der Waals surface area contributed by atoms with Crippen molar-refractivity contribution >= 4 is 34.5 Å². The molecule has 0 radical (unpaired) electrons. The highest BCUT2D eigenvalue weighted by Gasteiger charge is 2.23. The Hall–Kier alpha value is -3.20. The first kappa shape index (κ1) is 28.0. The second-order valence-corrected chi connectivity index (χ2v) is 9.85. The van der Waals surface area contributed by atoms with Crippen molar-refractivity contribution in [1.82, 2.24) is 5.32 Å². The van der Waals surface area contributed by atoms with Crippen LogP contribution in [-0.4, -0.2) is 41.5 Å². The first-order chi connectivity index (χ1) is 16.3. The van der Waals surface area contributed by atoms with Crippen LogP contribution in [0.15, 0.2) is 43.0 Å². The molecule has 0 spiro atoms. The summed E-state index contributed by atoms with van der Waals surface area (Å²) in [5, 5.41) is 2.19. The van der Waals surface area contributed by atoms with Crippen LogP contribution in [0.4, 0.5) is 8.78 Å². The van der Waals surface area contributed by atoms with Gasteiger partial charge in [0.2, 0.25) is 5.91 Å². The number of hydrogen-bond acceptors (Lipinski definition) is 6. The van der Waals surface area contributed by atoms with Crippen LogP contribution in [0.5, 0.6) is 0 Å². The molecule has 0 bridgehead atoms. The number of carbonyl (C=O) groups excluding carboxylic acids is 3. The molecule has 188 valence electrons. The van der Waals surface area contributed by atoms with Gasteiger partial charge in [0.25, 0.3) is 0 Å². The van der Waals surface area contributed by atoms with E-state index in [1.54, 1.807) is 18.2 Å². The van der Waals surface area contributed by atoms with Crippen LogP contribution in [0.1, 0.15) is 38.8 Å². The quantitative estimate of drug-likeness (QED) is 0.386. The van der Waals surface area contributed by atoms with Crippen LogP contribution in [0.2, 0.25) is 0 Å². The summed E-state index contributed by atoms with van der Waals surface area (Å²) in [6.45, 7) is 10.8. The molecule has 0 unspecified atom stereocenters. The molecular weight excluding hydrogens is 476 g/mol. The minimum atomic E-state index is -0.964. The fourth-order valence-corrected chi connectivity index (χ4v) is 4.07. The fraction of sp³-hybridized carbons (Fsp3) is 0.346. The molecule has 2 rings (SSSR count). The number of amides is 1. The van der Waals surface area contributed by atoms with E-state index in [1.165, 1.54) is 26.2 Å². The van der Waals surface area contributed by atoms with E-state index in [4.69, 9.17) is 4.74 Å². The first-order valence-corrected chi connectivity index (χ1v) is 11.8.